The van der Waals surface area contributed by atoms with E-state index in [1.807, 2.05) is 18.2 Å². The summed E-state index contributed by atoms with van der Waals surface area (Å²) in [6.45, 7) is 3.40. The van der Waals surface area contributed by atoms with E-state index in [9.17, 15) is 9.90 Å². The van der Waals surface area contributed by atoms with Crippen molar-refractivity contribution in [2.24, 2.45) is 5.92 Å². The van der Waals surface area contributed by atoms with Crippen molar-refractivity contribution in [3.63, 3.8) is 0 Å². The van der Waals surface area contributed by atoms with Crippen molar-refractivity contribution < 1.29 is 14.6 Å². The smallest absolute Gasteiger partial charge is 0.316 e. The number of aliphatic hydroxyl groups is 1. The normalized spacial score (nSPS) is 14.7. The molecule has 3 nitrogen and oxygen atoms in total. The number of benzene rings is 1. The topological polar surface area (TPSA) is 46.5 Å². The summed E-state index contributed by atoms with van der Waals surface area (Å²) in [7, 11) is 0. The summed E-state index contributed by atoms with van der Waals surface area (Å²) in [5.74, 6) is -1.02. The zero-order valence-corrected chi connectivity index (χ0v) is 9.46. The third-order valence-electron chi connectivity index (χ3n) is 2.31. The van der Waals surface area contributed by atoms with Crippen LogP contribution in [0.15, 0.2) is 42.7 Å². The molecule has 0 aromatic heterocycles. The SMILES string of the molecule is C/C=C/OC(=O)[C@@H](C)[C@@H](O)c1ccccc1. The van der Waals surface area contributed by atoms with Crippen LogP contribution in [0.25, 0.3) is 0 Å². The summed E-state index contributed by atoms with van der Waals surface area (Å²) in [6.07, 6.45) is 2.11. The molecule has 0 unspecified atom stereocenters. The average molecular weight is 220 g/mol. The van der Waals surface area contributed by atoms with Crippen LogP contribution in [0.2, 0.25) is 0 Å². The Balaban J connectivity index is 2.67. The van der Waals surface area contributed by atoms with Crippen LogP contribution >= 0.6 is 0 Å². The third kappa shape index (κ3) is 3.21. The maximum atomic E-state index is 11.5. The van der Waals surface area contributed by atoms with E-state index in [1.54, 1.807) is 32.1 Å². The molecule has 16 heavy (non-hydrogen) atoms. The van der Waals surface area contributed by atoms with E-state index in [2.05, 4.69) is 0 Å². The lowest BCUT2D eigenvalue weighted by molar-refractivity contribution is -0.146. The molecular weight excluding hydrogens is 204 g/mol. The Morgan fingerprint density at radius 2 is 2.00 bits per heavy atom. The standard InChI is InChI=1S/C13H16O3/c1-3-9-16-13(15)10(2)12(14)11-7-5-4-6-8-11/h3-10,12,14H,1-2H3/b9-3+/t10-,12+/m0/s1. The summed E-state index contributed by atoms with van der Waals surface area (Å²) in [5.41, 5.74) is 0.715. The molecule has 0 aliphatic rings. The number of carbonyl (C=O) groups is 1. The van der Waals surface area contributed by atoms with Crippen molar-refractivity contribution in [2.45, 2.75) is 20.0 Å². The zero-order chi connectivity index (χ0) is 12.0. The molecular formula is C13H16O3. The van der Waals surface area contributed by atoms with E-state index in [0.29, 0.717) is 5.56 Å². The summed E-state index contributed by atoms with van der Waals surface area (Å²) in [6, 6.07) is 9.07. The average Bonchev–Trinajstić information content (AvgIpc) is 2.35. The van der Waals surface area contributed by atoms with Crippen LogP contribution < -0.4 is 0 Å². The highest BCUT2D eigenvalue weighted by atomic mass is 16.5. The first-order valence-corrected chi connectivity index (χ1v) is 5.21. The summed E-state index contributed by atoms with van der Waals surface area (Å²) in [4.78, 5) is 11.5. The molecule has 0 saturated carbocycles. The molecule has 1 aromatic carbocycles. The number of allylic oxidation sites excluding steroid dienone is 1. The summed E-state index contributed by atoms with van der Waals surface area (Å²) >= 11 is 0. The number of ether oxygens (including phenoxy) is 1. The van der Waals surface area contributed by atoms with Crippen molar-refractivity contribution in [3.8, 4) is 0 Å². The van der Waals surface area contributed by atoms with E-state index in [4.69, 9.17) is 4.74 Å². The number of hydrogen-bond acceptors (Lipinski definition) is 3. The molecule has 0 spiro atoms. The zero-order valence-electron chi connectivity index (χ0n) is 9.46. The second-order valence-electron chi connectivity index (χ2n) is 3.55. The van der Waals surface area contributed by atoms with Gasteiger partial charge in [0.25, 0.3) is 0 Å². The maximum absolute atomic E-state index is 11.5. The molecule has 86 valence electrons. The Kier molecular flexibility index (Phi) is 4.73. The molecule has 2 atom stereocenters. The second kappa shape index (κ2) is 6.08. The predicted octanol–water partition coefficient (Wildman–Crippen LogP) is 2.43. The van der Waals surface area contributed by atoms with Gasteiger partial charge in [-0.1, -0.05) is 36.4 Å². The predicted molar refractivity (Wildman–Crippen MR) is 61.5 cm³/mol. The second-order valence-corrected chi connectivity index (χ2v) is 3.55. The van der Waals surface area contributed by atoms with Crippen LogP contribution in [0.5, 0.6) is 0 Å². The first kappa shape index (κ1) is 12.5. The number of carbonyl (C=O) groups excluding carboxylic acids is 1. The van der Waals surface area contributed by atoms with Gasteiger partial charge >= 0.3 is 5.97 Å². The van der Waals surface area contributed by atoms with Crippen molar-refractivity contribution in [1.29, 1.82) is 0 Å². The maximum Gasteiger partial charge on any atom is 0.316 e. The molecule has 1 N–H and O–H groups in total. The van der Waals surface area contributed by atoms with Gasteiger partial charge in [-0.2, -0.15) is 0 Å². The number of esters is 1. The van der Waals surface area contributed by atoms with Crippen LogP contribution in [0.3, 0.4) is 0 Å². The van der Waals surface area contributed by atoms with Crippen LogP contribution in [0.4, 0.5) is 0 Å². The highest BCUT2D eigenvalue weighted by Crippen LogP contribution is 2.22. The van der Waals surface area contributed by atoms with Gasteiger partial charge in [-0.15, -0.1) is 0 Å². The molecule has 0 radical (unpaired) electrons. The van der Waals surface area contributed by atoms with Gasteiger partial charge in [-0.3, -0.25) is 4.79 Å². The lowest BCUT2D eigenvalue weighted by Crippen LogP contribution is -2.20. The fourth-order valence-electron chi connectivity index (χ4n) is 1.31. The lowest BCUT2D eigenvalue weighted by atomic mass is 9.98. The first-order chi connectivity index (χ1) is 7.66. The van der Waals surface area contributed by atoms with Crippen LogP contribution in [0, 0.1) is 5.92 Å². The minimum atomic E-state index is -0.834. The summed E-state index contributed by atoms with van der Waals surface area (Å²) < 4.78 is 4.82. The van der Waals surface area contributed by atoms with Crippen molar-refractivity contribution >= 4 is 5.97 Å². The molecule has 0 heterocycles. The molecule has 0 aliphatic carbocycles. The molecule has 0 aliphatic heterocycles. The Bertz CT molecular complexity index is 357. The molecule has 3 heteroatoms. The number of aliphatic hydroxyl groups excluding tert-OH is 1. The largest absolute Gasteiger partial charge is 0.435 e. The Morgan fingerprint density at radius 1 is 1.38 bits per heavy atom. The monoisotopic (exact) mass is 220 g/mol. The van der Waals surface area contributed by atoms with E-state index < -0.39 is 18.0 Å². The van der Waals surface area contributed by atoms with Gasteiger partial charge in [-0.05, 0) is 19.4 Å². The van der Waals surface area contributed by atoms with Gasteiger partial charge < -0.3 is 9.84 Å². The fraction of sp³-hybridized carbons (Fsp3) is 0.308. The Labute approximate surface area is 95.4 Å². The quantitative estimate of drug-likeness (QED) is 0.626. The minimum absolute atomic E-state index is 0.436. The van der Waals surface area contributed by atoms with E-state index in [0.717, 1.165) is 0 Å². The van der Waals surface area contributed by atoms with Crippen LogP contribution in [-0.2, 0) is 9.53 Å². The van der Waals surface area contributed by atoms with Crippen molar-refractivity contribution in [2.75, 3.05) is 0 Å². The van der Waals surface area contributed by atoms with Gasteiger partial charge in [0.2, 0.25) is 0 Å². The molecule has 0 fully saturated rings. The summed E-state index contributed by atoms with van der Waals surface area (Å²) in [5, 5.41) is 9.93. The minimum Gasteiger partial charge on any atom is -0.435 e. The first-order valence-electron chi connectivity index (χ1n) is 5.21. The van der Waals surface area contributed by atoms with Gasteiger partial charge in [0.05, 0.1) is 18.3 Å². The van der Waals surface area contributed by atoms with Crippen molar-refractivity contribution in [3.05, 3.63) is 48.2 Å². The van der Waals surface area contributed by atoms with Crippen LogP contribution in [-0.4, -0.2) is 11.1 Å². The van der Waals surface area contributed by atoms with E-state index in [-0.39, 0.29) is 0 Å². The van der Waals surface area contributed by atoms with E-state index >= 15 is 0 Å². The number of rotatable bonds is 4. The molecule has 1 rings (SSSR count). The van der Waals surface area contributed by atoms with Gasteiger partial charge in [0.1, 0.15) is 0 Å². The van der Waals surface area contributed by atoms with Gasteiger partial charge in [-0.25, -0.2) is 0 Å². The Hall–Kier alpha value is -1.61. The third-order valence-corrected chi connectivity index (χ3v) is 2.31. The van der Waals surface area contributed by atoms with Gasteiger partial charge in [0.15, 0.2) is 0 Å². The highest BCUT2D eigenvalue weighted by molar-refractivity contribution is 5.73. The van der Waals surface area contributed by atoms with Crippen LogP contribution in [0.1, 0.15) is 25.5 Å². The van der Waals surface area contributed by atoms with Crippen molar-refractivity contribution in [1.82, 2.24) is 0 Å². The molecule has 0 bridgehead atoms. The molecule has 1 aromatic rings. The van der Waals surface area contributed by atoms with E-state index in [1.165, 1.54) is 6.26 Å². The Morgan fingerprint density at radius 3 is 2.56 bits per heavy atom. The highest BCUT2D eigenvalue weighted by Gasteiger charge is 2.24. The number of hydrogen-bond donors (Lipinski definition) is 1. The molecule has 0 amide bonds. The van der Waals surface area contributed by atoms with Gasteiger partial charge in [0, 0.05) is 0 Å². The lowest BCUT2D eigenvalue weighted by Gasteiger charge is -2.16. The molecule has 0 saturated heterocycles. The fourth-order valence-corrected chi connectivity index (χ4v) is 1.31.